The number of hydrogen-bond acceptors (Lipinski definition) is 3. The first kappa shape index (κ1) is 13.9. The van der Waals surface area contributed by atoms with Crippen molar-refractivity contribution in [2.45, 2.75) is 37.8 Å². The van der Waals surface area contributed by atoms with Gasteiger partial charge in [0.1, 0.15) is 5.75 Å². The van der Waals surface area contributed by atoms with Crippen LogP contribution in [0.1, 0.15) is 24.8 Å². The summed E-state index contributed by atoms with van der Waals surface area (Å²) in [4.78, 5) is 25.8. The van der Waals surface area contributed by atoms with Gasteiger partial charge < -0.3 is 15.0 Å². The van der Waals surface area contributed by atoms with E-state index in [1.54, 1.807) is 7.11 Å². The number of ether oxygens (including phenoxy) is 1. The number of benzene rings is 1. The molecule has 0 bridgehead atoms. The van der Waals surface area contributed by atoms with E-state index < -0.39 is 0 Å². The van der Waals surface area contributed by atoms with Gasteiger partial charge in [-0.3, -0.25) is 9.59 Å². The summed E-state index contributed by atoms with van der Waals surface area (Å²) in [7, 11) is 1.62. The number of methoxy groups -OCH3 is 1. The van der Waals surface area contributed by atoms with Gasteiger partial charge in [-0.25, -0.2) is 0 Å². The third kappa shape index (κ3) is 3.35. The Labute approximate surface area is 124 Å². The van der Waals surface area contributed by atoms with Gasteiger partial charge in [-0.1, -0.05) is 12.1 Å². The number of nitrogens with one attached hydrogen (secondary N) is 1. The van der Waals surface area contributed by atoms with Crippen molar-refractivity contribution < 1.29 is 14.3 Å². The van der Waals surface area contributed by atoms with Crippen LogP contribution in [0.25, 0.3) is 0 Å². The van der Waals surface area contributed by atoms with Gasteiger partial charge in [-0.15, -0.1) is 0 Å². The zero-order valence-electron chi connectivity index (χ0n) is 12.2. The highest BCUT2D eigenvalue weighted by atomic mass is 16.5. The first-order valence-electron chi connectivity index (χ1n) is 7.37. The predicted octanol–water partition coefficient (Wildman–Crippen LogP) is 1.12. The second-order valence-corrected chi connectivity index (χ2v) is 5.77. The molecule has 1 heterocycles. The average molecular weight is 288 g/mol. The summed E-state index contributed by atoms with van der Waals surface area (Å²) < 4.78 is 5.09. The maximum Gasteiger partial charge on any atom is 0.225 e. The molecule has 0 aromatic heterocycles. The number of carbonyl (C=O) groups excluding carboxylic acids is 2. The molecular weight excluding hydrogens is 268 g/mol. The van der Waals surface area contributed by atoms with Crippen molar-refractivity contribution in [2.24, 2.45) is 0 Å². The molecule has 2 amide bonds. The molecule has 1 saturated heterocycles. The van der Waals surface area contributed by atoms with E-state index in [1.165, 1.54) is 0 Å². The van der Waals surface area contributed by atoms with Crippen molar-refractivity contribution in [3.63, 3.8) is 0 Å². The molecule has 112 valence electrons. The summed E-state index contributed by atoms with van der Waals surface area (Å²) in [6.07, 6.45) is 2.99. The van der Waals surface area contributed by atoms with Crippen LogP contribution in [-0.4, -0.2) is 42.5 Å². The van der Waals surface area contributed by atoms with E-state index in [2.05, 4.69) is 5.32 Å². The molecule has 1 unspecified atom stereocenters. The van der Waals surface area contributed by atoms with E-state index in [1.807, 2.05) is 29.2 Å². The summed E-state index contributed by atoms with van der Waals surface area (Å²) in [6, 6.07) is 7.85. The molecule has 1 aliphatic heterocycles. The molecule has 21 heavy (non-hydrogen) atoms. The molecule has 5 nitrogen and oxygen atoms in total. The molecular formula is C16H20N2O3. The van der Waals surface area contributed by atoms with Crippen molar-refractivity contribution in [3.8, 4) is 5.75 Å². The zero-order valence-corrected chi connectivity index (χ0v) is 12.2. The Morgan fingerprint density at radius 1 is 1.33 bits per heavy atom. The van der Waals surface area contributed by atoms with E-state index in [-0.39, 0.29) is 17.9 Å². The lowest BCUT2D eigenvalue weighted by Crippen LogP contribution is -2.38. The van der Waals surface area contributed by atoms with E-state index >= 15 is 0 Å². The Balaban J connectivity index is 1.50. The highest BCUT2D eigenvalue weighted by Crippen LogP contribution is 2.30. The Morgan fingerprint density at radius 3 is 2.67 bits per heavy atom. The summed E-state index contributed by atoms with van der Waals surface area (Å²) in [5, 5.41) is 2.97. The van der Waals surface area contributed by atoms with Crippen LogP contribution in [0, 0.1) is 0 Å². The molecule has 1 atom stereocenters. The smallest absolute Gasteiger partial charge is 0.225 e. The van der Waals surface area contributed by atoms with Gasteiger partial charge in [0.2, 0.25) is 11.8 Å². The second kappa shape index (κ2) is 5.76. The maximum absolute atomic E-state index is 12.0. The fraction of sp³-hybridized carbons (Fsp3) is 0.500. The van der Waals surface area contributed by atoms with Crippen LogP contribution in [0.2, 0.25) is 0 Å². The summed E-state index contributed by atoms with van der Waals surface area (Å²) in [5.41, 5.74) is 0.941. The molecule has 1 saturated carbocycles. The monoisotopic (exact) mass is 288 g/mol. The minimum Gasteiger partial charge on any atom is -0.497 e. The van der Waals surface area contributed by atoms with Crippen LogP contribution >= 0.6 is 0 Å². The molecule has 0 radical (unpaired) electrons. The molecule has 2 aliphatic rings. The lowest BCUT2D eigenvalue weighted by atomic mass is 10.1. The molecule has 1 N–H and O–H groups in total. The SMILES string of the molecule is COc1ccc(CC(=O)NC2CC(=O)N(C3CC3)C2)cc1. The standard InChI is InChI=1S/C16H20N2O3/c1-21-14-6-2-11(3-7-14)8-15(19)17-12-9-16(20)18(10-12)13-4-5-13/h2-3,6-7,12-13H,4-5,8-10H2,1H3,(H,17,19). The predicted molar refractivity (Wildman–Crippen MR) is 78.0 cm³/mol. The molecule has 3 rings (SSSR count). The molecule has 1 aromatic carbocycles. The van der Waals surface area contributed by atoms with Crippen LogP contribution in [0.3, 0.4) is 0 Å². The summed E-state index contributed by atoms with van der Waals surface area (Å²) >= 11 is 0. The normalized spacial score (nSPS) is 21.5. The van der Waals surface area contributed by atoms with Gasteiger partial charge in [0, 0.05) is 19.0 Å². The van der Waals surface area contributed by atoms with Gasteiger partial charge in [0.25, 0.3) is 0 Å². The van der Waals surface area contributed by atoms with Gasteiger partial charge in [0.15, 0.2) is 0 Å². The van der Waals surface area contributed by atoms with Crippen LogP contribution in [0.5, 0.6) is 5.75 Å². The maximum atomic E-state index is 12.0. The van der Waals surface area contributed by atoms with Crippen LogP contribution < -0.4 is 10.1 Å². The van der Waals surface area contributed by atoms with Crippen molar-refractivity contribution >= 4 is 11.8 Å². The molecule has 5 heteroatoms. The minimum absolute atomic E-state index is 0.0318. The van der Waals surface area contributed by atoms with Crippen LogP contribution in [0.15, 0.2) is 24.3 Å². The van der Waals surface area contributed by atoms with Crippen LogP contribution in [0.4, 0.5) is 0 Å². The highest BCUT2D eigenvalue weighted by Gasteiger charge is 2.39. The lowest BCUT2D eigenvalue weighted by molar-refractivity contribution is -0.128. The highest BCUT2D eigenvalue weighted by molar-refractivity contribution is 5.83. The van der Waals surface area contributed by atoms with E-state index in [4.69, 9.17) is 4.74 Å². The number of nitrogens with zero attached hydrogens (tertiary/aromatic N) is 1. The van der Waals surface area contributed by atoms with E-state index in [9.17, 15) is 9.59 Å². The quantitative estimate of drug-likeness (QED) is 0.883. The summed E-state index contributed by atoms with van der Waals surface area (Å²) in [6.45, 7) is 0.665. The van der Waals surface area contributed by atoms with Crippen molar-refractivity contribution in [3.05, 3.63) is 29.8 Å². The number of likely N-dealkylation sites (tertiary alicyclic amines) is 1. The van der Waals surface area contributed by atoms with Gasteiger partial charge in [0.05, 0.1) is 19.6 Å². The molecule has 1 aliphatic carbocycles. The first-order valence-corrected chi connectivity index (χ1v) is 7.37. The third-order valence-corrected chi connectivity index (χ3v) is 4.03. The average Bonchev–Trinajstić information content (AvgIpc) is 3.24. The minimum atomic E-state index is -0.0381. The van der Waals surface area contributed by atoms with Crippen molar-refractivity contribution in [2.75, 3.05) is 13.7 Å². The van der Waals surface area contributed by atoms with E-state index in [0.717, 1.165) is 24.2 Å². The molecule has 0 spiro atoms. The van der Waals surface area contributed by atoms with Gasteiger partial charge in [-0.2, -0.15) is 0 Å². The summed E-state index contributed by atoms with van der Waals surface area (Å²) in [5.74, 6) is 0.920. The van der Waals surface area contributed by atoms with E-state index in [0.29, 0.717) is 25.4 Å². The Bertz CT molecular complexity index is 537. The zero-order chi connectivity index (χ0) is 14.8. The molecule has 1 aromatic rings. The Hall–Kier alpha value is -2.04. The Morgan fingerprint density at radius 2 is 2.05 bits per heavy atom. The number of rotatable bonds is 5. The number of hydrogen-bond donors (Lipinski definition) is 1. The molecule has 2 fully saturated rings. The largest absolute Gasteiger partial charge is 0.497 e. The fourth-order valence-corrected chi connectivity index (χ4v) is 2.77. The lowest BCUT2D eigenvalue weighted by Gasteiger charge is -2.16. The third-order valence-electron chi connectivity index (χ3n) is 4.03. The van der Waals surface area contributed by atoms with Gasteiger partial charge >= 0.3 is 0 Å². The second-order valence-electron chi connectivity index (χ2n) is 5.77. The number of carbonyl (C=O) groups is 2. The first-order chi connectivity index (χ1) is 10.2. The fourth-order valence-electron chi connectivity index (χ4n) is 2.77. The van der Waals surface area contributed by atoms with Gasteiger partial charge in [-0.05, 0) is 30.5 Å². The Kier molecular flexibility index (Phi) is 3.82. The number of amides is 2. The van der Waals surface area contributed by atoms with Crippen molar-refractivity contribution in [1.29, 1.82) is 0 Å². The van der Waals surface area contributed by atoms with Crippen molar-refractivity contribution in [1.82, 2.24) is 10.2 Å². The van der Waals surface area contributed by atoms with Crippen LogP contribution in [-0.2, 0) is 16.0 Å². The topological polar surface area (TPSA) is 58.6 Å².